The predicted octanol–water partition coefficient (Wildman–Crippen LogP) is 4.70. The van der Waals surface area contributed by atoms with Crippen molar-refractivity contribution in [2.75, 3.05) is 17.4 Å². The van der Waals surface area contributed by atoms with Crippen molar-refractivity contribution in [2.24, 2.45) is 0 Å². The number of benzene rings is 2. The van der Waals surface area contributed by atoms with Crippen molar-refractivity contribution in [3.8, 4) is 6.07 Å². The van der Waals surface area contributed by atoms with Crippen molar-refractivity contribution in [3.05, 3.63) is 75.5 Å². The number of rotatable bonds is 2. The van der Waals surface area contributed by atoms with Crippen LogP contribution in [0, 0.1) is 17.1 Å². The van der Waals surface area contributed by atoms with Crippen LogP contribution in [0.2, 0.25) is 5.02 Å². The summed E-state index contributed by atoms with van der Waals surface area (Å²) in [5.41, 5.74) is 1.93. The van der Waals surface area contributed by atoms with Gasteiger partial charge in [-0.15, -0.1) is 0 Å². The van der Waals surface area contributed by atoms with Crippen LogP contribution in [-0.2, 0) is 4.79 Å². The molecule has 0 radical (unpaired) electrons. The topological polar surface area (TPSA) is 47.3 Å². The maximum Gasteiger partial charge on any atom is 0.229 e. The predicted molar refractivity (Wildman–Crippen MR) is 104 cm³/mol. The van der Waals surface area contributed by atoms with E-state index in [1.54, 1.807) is 40.1 Å². The average molecular weight is 400 g/mol. The van der Waals surface area contributed by atoms with Crippen LogP contribution in [0.4, 0.5) is 10.1 Å². The van der Waals surface area contributed by atoms with Crippen molar-refractivity contribution in [1.29, 1.82) is 5.26 Å². The van der Waals surface area contributed by atoms with Crippen molar-refractivity contribution in [1.82, 2.24) is 4.90 Å². The Kier molecular flexibility index (Phi) is 4.81. The summed E-state index contributed by atoms with van der Waals surface area (Å²) in [5.74, 6) is -0.205. The molecular weight excluding hydrogens is 385 g/mol. The third-order valence-electron chi connectivity index (χ3n) is 4.76. The first-order valence-electron chi connectivity index (χ1n) is 8.41. The lowest BCUT2D eigenvalue weighted by atomic mass is 9.86. The molecule has 1 unspecified atom stereocenters. The lowest BCUT2D eigenvalue weighted by molar-refractivity contribution is -0.129. The van der Waals surface area contributed by atoms with Gasteiger partial charge in [0.15, 0.2) is 0 Å². The molecule has 4 nitrogen and oxygen atoms in total. The van der Waals surface area contributed by atoms with E-state index in [4.69, 9.17) is 11.6 Å². The number of nitriles is 1. The Hall–Kier alpha value is -2.49. The van der Waals surface area contributed by atoms with Gasteiger partial charge < -0.3 is 4.90 Å². The van der Waals surface area contributed by atoms with E-state index in [1.807, 2.05) is 12.1 Å². The number of anilines is 1. The van der Waals surface area contributed by atoms with Crippen molar-refractivity contribution in [3.63, 3.8) is 0 Å². The fourth-order valence-corrected chi connectivity index (χ4v) is 4.69. The number of thioether (sulfide) groups is 1. The van der Waals surface area contributed by atoms with E-state index in [0.29, 0.717) is 27.2 Å². The Balaban J connectivity index is 1.68. The normalized spacial score (nSPS) is 19.7. The molecule has 2 heterocycles. The molecule has 0 aromatic heterocycles. The molecule has 4 rings (SSSR count). The van der Waals surface area contributed by atoms with Gasteiger partial charge in [0.1, 0.15) is 5.82 Å². The molecule has 1 atom stereocenters. The number of carbonyl (C=O) groups excluding carboxylic acids is 1. The van der Waals surface area contributed by atoms with Crippen LogP contribution in [0.3, 0.4) is 0 Å². The molecule has 2 aromatic rings. The molecule has 1 amide bonds. The Bertz CT molecular complexity index is 970. The zero-order valence-corrected chi connectivity index (χ0v) is 15.8. The number of fused-ring (bicyclic) bond motifs is 1. The fraction of sp³-hybridized carbons (Fsp3) is 0.200. The summed E-state index contributed by atoms with van der Waals surface area (Å²) >= 11 is 7.35. The van der Waals surface area contributed by atoms with Gasteiger partial charge >= 0.3 is 0 Å². The molecule has 136 valence electrons. The second-order valence-electron chi connectivity index (χ2n) is 6.37. The van der Waals surface area contributed by atoms with E-state index in [9.17, 15) is 14.4 Å². The van der Waals surface area contributed by atoms with Crippen LogP contribution in [0.25, 0.3) is 0 Å². The third kappa shape index (κ3) is 3.29. The van der Waals surface area contributed by atoms with Crippen LogP contribution in [-0.4, -0.2) is 23.4 Å². The highest BCUT2D eigenvalue weighted by atomic mass is 35.5. The number of nitrogens with zero attached hydrogens (tertiary/aromatic N) is 3. The van der Waals surface area contributed by atoms with E-state index < -0.39 is 0 Å². The zero-order valence-electron chi connectivity index (χ0n) is 14.2. The number of carbonyl (C=O) groups is 1. The Morgan fingerprint density at radius 2 is 1.93 bits per heavy atom. The lowest BCUT2D eigenvalue weighted by Gasteiger charge is -2.42. The van der Waals surface area contributed by atoms with E-state index in [1.165, 1.54) is 17.8 Å². The zero-order chi connectivity index (χ0) is 19.0. The molecule has 1 saturated heterocycles. The van der Waals surface area contributed by atoms with Crippen LogP contribution in [0.1, 0.15) is 17.9 Å². The molecule has 7 heteroatoms. The molecule has 2 aliphatic heterocycles. The highest BCUT2D eigenvalue weighted by Crippen LogP contribution is 2.43. The molecule has 0 bridgehead atoms. The minimum atomic E-state index is -0.325. The smallest absolute Gasteiger partial charge is 0.229 e. The van der Waals surface area contributed by atoms with Gasteiger partial charge in [0.2, 0.25) is 5.91 Å². The highest BCUT2D eigenvalue weighted by Gasteiger charge is 2.38. The number of halogens is 2. The fourth-order valence-electron chi connectivity index (χ4n) is 3.40. The van der Waals surface area contributed by atoms with Crippen LogP contribution >= 0.6 is 23.4 Å². The molecule has 0 saturated carbocycles. The highest BCUT2D eigenvalue weighted by molar-refractivity contribution is 8.03. The number of allylic oxidation sites excluding steroid dienone is 1. The SMILES string of the molecule is N#CC1=C2SCN(c3ccccc3F)CN2C(=O)CC1c1ccc(Cl)cc1. The summed E-state index contributed by atoms with van der Waals surface area (Å²) in [7, 11) is 0. The van der Waals surface area contributed by atoms with Crippen molar-refractivity contribution < 1.29 is 9.18 Å². The lowest BCUT2D eigenvalue weighted by Crippen LogP contribution is -2.47. The first-order chi connectivity index (χ1) is 13.1. The van der Waals surface area contributed by atoms with Gasteiger partial charge in [0.25, 0.3) is 0 Å². The van der Waals surface area contributed by atoms with Crippen molar-refractivity contribution >= 4 is 35.0 Å². The van der Waals surface area contributed by atoms with Gasteiger partial charge in [-0.3, -0.25) is 9.69 Å². The van der Waals surface area contributed by atoms with E-state index in [-0.39, 0.29) is 30.7 Å². The second-order valence-corrected chi connectivity index (χ2v) is 7.74. The summed E-state index contributed by atoms with van der Waals surface area (Å²) in [6, 6.07) is 16.0. The summed E-state index contributed by atoms with van der Waals surface area (Å²) in [5, 5.41) is 11.1. The first-order valence-corrected chi connectivity index (χ1v) is 9.77. The summed E-state index contributed by atoms with van der Waals surface area (Å²) in [6.07, 6.45) is 0.208. The number of hydrogen-bond acceptors (Lipinski definition) is 4. The number of para-hydroxylation sites is 1. The van der Waals surface area contributed by atoms with Gasteiger partial charge in [-0.1, -0.05) is 47.6 Å². The van der Waals surface area contributed by atoms with Crippen molar-refractivity contribution in [2.45, 2.75) is 12.3 Å². The Labute approximate surface area is 165 Å². The largest absolute Gasteiger partial charge is 0.341 e. The number of amides is 1. The first kappa shape index (κ1) is 17.9. The van der Waals surface area contributed by atoms with Crippen LogP contribution in [0.5, 0.6) is 0 Å². The van der Waals surface area contributed by atoms with Gasteiger partial charge in [-0.2, -0.15) is 5.26 Å². The molecule has 1 fully saturated rings. The maximum absolute atomic E-state index is 14.1. The second kappa shape index (κ2) is 7.26. The monoisotopic (exact) mass is 399 g/mol. The number of hydrogen-bond donors (Lipinski definition) is 0. The molecule has 2 aliphatic rings. The van der Waals surface area contributed by atoms with Gasteiger partial charge in [-0.25, -0.2) is 4.39 Å². The molecule has 0 aliphatic carbocycles. The average Bonchev–Trinajstić information content (AvgIpc) is 2.69. The molecule has 27 heavy (non-hydrogen) atoms. The van der Waals surface area contributed by atoms with Gasteiger partial charge in [0.05, 0.1) is 34.9 Å². The molecule has 2 aromatic carbocycles. The van der Waals surface area contributed by atoms with E-state index in [0.717, 1.165) is 5.56 Å². The Morgan fingerprint density at radius 3 is 2.63 bits per heavy atom. The quantitative estimate of drug-likeness (QED) is 0.734. The minimum absolute atomic E-state index is 0.0718. The summed E-state index contributed by atoms with van der Waals surface area (Å²) < 4.78 is 14.1. The van der Waals surface area contributed by atoms with Gasteiger partial charge in [0, 0.05) is 17.4 Å². The van der Waals surface area contributed by atoms with Crippen LogP contribution in [0.15, 0.2) is 59.1 Å². The molecule has 0 N–H and O–H groups in total. The van der Waals surface area contributed by atoms with E-state index >= 15 is 0 Å². The third-order valence-corrected chi connectivity index (χ3v) is 6.17. The van der Waals surface area contributed by atoms with Gasteiger partial charge in [-0.05, 0) is 29.8 Å². The summed E-state index contributed by atoms with van der Waals surface area (Å²) in [4.78, 5) is 16.2. The minimum Gasteiger partial charge on any atom is -0.341 e. The van der Waals surface area contributed by atoms with Crippen LogP contribution < -0.4 is 4.90 Å². The molecule has 0 spiro atoms. The maximum atomic E-state index is 14.1. The van der Waals surface area contributed by atoms with E-state index in [2.05, 4.69) is 6.07 Å². The molecular formula is C20H15ClFN3OS. The Morgan fingerprint density at radius 1 is 1.19 bits per heavy atom. The standard InChI is InChI=1S/C20H15ClFN3OS/c21-14-7-5-13(6-8-14)15-9-19(26)25-11-24(12-27-20(25)16(15)10-23)18-4-2-1-3-17(18)22/h1-8,15H,9,11-12H2. The summed E-state index contributed by atoms with van der Waals surface area (Å²) in [6.45, 7) is 0.237.